The quantitative estimate of drug-likeness (QED) is 0.777. The third-order valence-electron chi connectivity index (χ3n) is 4.84. The molecule has 6 nitrogen and oxygen atoms in total. The maximum atomic E-state index is 9.73. The summed E-state index contributed by atoms with van der Waals surface area (Å²) in [5.74, 6) is 1.51. The molecule has 0 saturated carbocycles. The van der Waals surface area contributed by atoms with Gasteiger partial charge in [0.1, 0.15) is 23.3 Å². The molecule has 22 heavy (non-hydrogen) atoms. The number of hydrogen-bond donors (Lipinski definition) is 2. The van der Waals surface area contributed by atoms with Gasteiger partial charge in [0.05, 0.1) is 6.20 Å². The van der Waals surface area contributed by atoms with Crippen LogP contribution in [0.1, 0.15) is 32.0 Å². The third kappa shape index (κ3) is 1.98. The number of fused-ring (bicyclic) bond motifs is 3. The summed E-state index contributed by atoms with van der Waals surface area (Å²) in [7, 11) is 0. The predicted octanol–water partition coefficient (Wildman–Crippen LogP) is 2.16. The highest BCUT2D eigenvalue weighted by atomic mass is 16.3. The van der Waals surface area contributed by atoms with Crippen molar-refractivity contribution in [3.05, 3.63) is 24.3 Å². The van der Waals surface area contributed by atoms with Gasteiger partial charge in [-0.1, -0.05) is 13.3 Å². The summed E-state index contributed by atoms with van der Waals surface area (Å²) in [4.78, 5) is 12.1. The summed E-state index contributed by atoms with van der Waals surface area (Å²) in [5.41, 5.74) is 2.75. The first kappa shape index (κ1) is 13.6. The molecule has 1 aliphatic heterocycles. The Bertz CT molecular complexity index is 797. The second-order valence-corrected chi connectivity index (χ2v) is 6.04. The molecule has 2 N–H and O–H groups in total. The van der Waals surface area contributed by atoms with Crippen LogP contribution < -0.4 is 5.01 Å². The summed E-state index contributed by atoms with van der Waals surface area (Å²) in [6.45, 7) is 4.21. The number of H-pyrrole nitrogens is 1. The van der Waals surface area contributed by atoms with Crippen molar-refractivity contribution in [3.8, 4) is 0 Å². The van der Waals surface area contributed by atoms with Gasteiger partial charge in [-0.2, -0.15) is 0 Å². The van der Waals surface area contributed by atoms with Crippen molar-refractivity contribution in [1.29, 1.82) is 0 Å². The Labute approximate surface area is 128 Å². The third-order valence-corrected chi connectivity index (χ3v) is 4.84. The number of aromatic nitrogens is 4. The van der Waals surface area contributed by atoms with Gasteiger partial charge in [0, 0.05) is 24.7 Å². The molecule has 116 valence electrons. The van der Waals surface area contributed by atoms with E-state index >= 15 is 0 Å². The maximum absolute atomic E-state index is 9.73. The van der Waals surface area contributed by atoms with Gasteiger partial charge >= 0.3 is 0 Å². The van der Waals surface area contributed by atoms with Crippen LogP contribution in [0.5, 0.6) is 0 Å². The van der Waals surface area contributed by atoms with E-state index in [0.29, 0.717) is 5.82 Å². The molecular formula is C16H21N5O. The van der Waals surface area contributed by atoms with Crippen LogP contribution in [-0.2, 0) is 6.61 Å². The Morgan fingerprint density at radius 2 is 2.18 bits per heavy atom. The van der Waals surface area contributed by atoms with E-state index in [1.807, 2.05) is 12.3 Å². The van der Waals surface area contributed by atoms with Crippen LogP contribution in [0, 0.1) is 5.92 Å². The second-order valence-electron chi connectivity index (χ2n) is 6.04. The number of hydrogen-bond acceptors (Lipinski definition) is 4. The molecule has 4 rings (SSSR count). The maximum Gasteiger partial charge on any atom is 0.154 e. The highest BCUT2D eigenvalue weighted by molar-refractivity contribution is 6.01. The Morgan fingerprint density at radius 1 is 1.36 bits per heavy atom. The number of nitrogens with zero attached hydrogens (tertiary/aromatic N) is 4. The highest BCUT2D eigenvalue weighted by Crippen LogP contribution is 2.27. The van der Waals surface area contributed by atoms with Crippen LogP contribution in [0.2, 0.25) is 0 Å². The van der Waals surface area contributed by atoms with Gasteiger partial charge in [-0.3, -0.25) is 0 Å². The van der Waals surface area contributed by atoms with Gasteiger partial charge in [0.25, 0.3) is 0 Å². The number of pyridine rings is 1. The number of nitrogens with one attached hydrogen (secondary N) is 1. The van der Waals surface area contributed by atoms with E-state index in [4.69, 9.17) is 0 Å². The number of aliphatic hydroxyl groups is 1. The van der Waals surface area contributed by atoms with E-state index in [1.165, 1.54) is 19.3 Å². The molecule has 0 aromatic carbocycles. The lowest BCUT2D eigenvalue weighted by Crippen LogP contribution is -2.42. The molecule has 4 heterocycles. The van der Waals surface area contributed by atoms with Crippen LogP contribution in [0.25, 0.3) is 22.1 Å². The number of aromatic amines is 1. The molecule has 0 amide bonds. The van der Waals surface area contributed by atoms with E-state index in [-0.39, 0.29) is 6.61 Å². The molecule has 1 fully saturated rings. The van der Waals surface area contributed by atoms with Crippen molar-refractivity contribution in [2.45, 2.75) is 32.8 Å². The zero-order chi connectivity index (χ0) is 15.1. The second kappa shape index (κ2) is 5.28. The summed E-state index contributed by atoms with van der Waals surface area (Å²) in [6.07, 6.45) is 7.32. The number of imidazole rings is 1. The van der Waals surface area contributed by atoms with Gasteiger partial charge in [-0.15, -0.1) is 0 Å². The van der Waals surface area contributed by atoms with Crippen LogP contribution in [0.4, 0.5) is 0 Å². The topological polar surface area (TPSA) is 70.0 Å². The lowest BCUT2D eigenvalue weighted by molar-refractivity contribution is 0.260. The number of piperidine rings is 1. The van der Waals surface area contributed by atoms with Crippen molar-refractivity contribution in [3.63, 3.8) is 0 Å². The number of rotatable bonds is 3. The first-order chi connectivity index (χ1) is 10.8. The Kier molecular flexibility index (Phi) is 3.26. The first-order valence-corrected chi connectivity index (χ1v) is 8.01. The fourth-order valence-corrected chi connectivity index (χ4v) is 3.54. The monoisotopic (exact) mass is 299 g/mol. The normalized spacial score (nSPS) is 16.9. The minimum atomic E-state index is -0.0612. The van der Waals surface area contributed by atoms with Gasteiger partial charge in [-0.25, -0.2) is 14.6 Å². The van der Waals surface area contributed by atoms with Gasteiger partial charge in [0.15, 0.2) is 5.82 Å². The lowest BCUT2D eigenvalue weighted by Gasteiger charge is -2.34. The largest absolute Gasteiger partial charge is 0.388 e. The van der Waals surface area contributed by atoms with Gasteiger partial charge < -0.3 is 15.1 Å². The fraction of sp³-hybridized carbons (Fsp3) is 0.500. The Hall–Kier alpha value is -2.08. The van der Waals surface area contributed by atoms with Crippen molar-refractivity contribution >= 4 is 22.1 Å². The number of aliphatic hydroxyl groups excluding tert-OH is 1. The molecule has 1 aliphatic rings. The average molecular weight is 299 g/mol. The van der Waals surface area contributed by atoms with E-state index in [1.54, 1.807) is 6.20 Å². The minimum absolute atomic E-state index is 0.0612. The molecule has 0 radical (unpaired) electrons. The molecule has 3 aromatic heterocycles. The summed E-state index contributed by atoms with van der Waals surface area (Å²) < 4.78 is 2.11. The van der Waals surface area contributed by atoms with Crippen molar-refractivity contribution in [1.82, 2.24) is 19.6 Å². The van der Waals surface area contributed by atoms with Crippen LogP contribution >= 0.6 is 0 Å². The van der Waals surface area contributed by atoms with Gasteiger partial charge in [0.2, 0.25) is 0 Å². The molecule has 3 aromatic rings. The summed E-state index contributed by atoms with van der Waals surface area (Å²) in [5, 5.41) is 13.1. The van der Waals surface area contributed by atoms with Gasteiger partial charge in [-0.05, 0) is 24.8 Å². The summed E-state index contributed by atoms with van der Waals surface area (Å²) >= 11 is 0. The molecule has 0 unspecified atom stereocenters. The Morgan fingerprint density at radius 3 is 2.91 bits per heavy atom. The van der Waals surface area contributed by atoms with Crippen molar-refractivity contribution in [2.24, 2.45) is 5.92 Å². The average Bonchev–Trinajstić information content (AvgIpc) is 3.18. The van der Waals surface area contributed by atoms with E-state index < -0.39 is 0 Å². The van der Waals surface area contributed by atoms with Crippen LogP contribution in [0.3, 0.4) is 0 Å². The van der Waals surface area contributed by atoms with E-state index in [2.05, 4.69) is 31.6 Å². The smallest absolute Gasteiger partial charge is 0.154 e. The Balaban J connectivity index is 1.86. The lowest BCUT2D eigenvalue weighted by atomic mass is 9.95. The first-order valence-electron chi connectivity index (χ1n) is 8.01. The molecule has 0 atom stereocenters. The van der Waals surface area contributed by atoms with Crippen molar-refractivity contribution < 1.29 is 5.11 Å². The molecule has 0 bridgehead atoms. The minimum Gasteiger partial charge on any atom is -0.388 e. The van der Waals surface area contributed by atoms with Crippen LogP contribution in [0.15, 0.2) is 18.5 Å². The molecule has 0 aliphatic carbocycles. The zero-order valence-electron chi connectivity index (χ0n) is 12.8. The fourth-order valence-electron chi connectivity index (χ4n) is 3.54. The van der Waals surface area contributed by atoms with E-state index in [9.17, 15) is 5.11 Å². The predicted molar refractivity (Wildman–Crippen MR) is 86.3 cm³/mol. The molecule has 1 saturated heterocycles. The standard InChI is InChI=1S/C16H21N5O/c1-2-11-4-7-20(8-5-11)21-14(10-22)19-13-9-18-16-12(15(13)21)3-6-17-16/h3,6,9,11,22H,2,4-5,7-8,10H2,1H3,(H,17,18). The van der Waals surface area contributed by atoms with E-state index in [0.717, 1.165) is 41.1 Å². The molecule has 6 heteroatoms. The molecular weight excluding hydrogens is 278 g/mol. The van der Waals surface area contributed by atoms with Crippen molar-refractivity contribution in [2.75, 3.05) is 18.1 Å². The summed E-state index contributed by atoms with van der Waals surface area (Å²) in [6, 6.07) is 2.03. The highest BCUT2D eigenvalue weighted by Gasteiger charge is 2.23. The molecule has 0 spiro atoms. The zero-order valence-corrected chi connectivity index (χ0v) is 12.8. The SMILES string of the molecule is CCC1CCN(n2c(CO)nc3cnc4[nH]ccc4c32)CC1. The van der Waals surface area contributed by atoms with Crippen LogP contribution in [-0.4, -0.2) is 37.8 Å².